The Labute approximate surface area is 143 Å². The Morgan fingerprint density at radius 1 is 1.04 bits per heavy atom. The van der Waals surface area contributed by atoms with E-state index in [-0.39, 0.29) is 11.7 Å². The van der Waals surface area contributed by atoms with E-state index in [2.05, 4.69) is 14.9 Å². The average Bonchev–Trinajstić information content (AvgIpc) is 2.64. The van der Waals surface area contributed by atoms with Gasteiger partial charge in [-0.25, -0.2) is 9.97 Å². The quantitative estimate of drug-likeness (QED) is 0.844. The molecule has 24 heavy (non-hydrogen) atoms. The number of likely N-dealkylation sites (tertiary alicyclic amines) is 1. The van der Waals surface area contributed by atoms with Crippen molar-refractivity contribution >= 4 is 0 Å². The lowest BCUT2D eigenvalue weighted by Gasteiger charge is -2.47. The topological polar surface area (TPSA) is 56.7 Å². The third-order valence-electron chi connectivity index (χ3n) is 5.68. The molecule has 6 heteroatoms. The summed E-state index contributed by atoms with van der Waals surface area (Å²) in [4.78, 5) is 11.0. The molecule has 0 aliphatic carbocycles. The van der Waals surface area contributed by atoms with Gasteiger partial charge in [0.15, 0.2) is 0 Å². The highest BCUT2D eigenvalue weighted by Crippen LogP contribution is 2.36. The molecule has 0 aromatic carbocycles. The first-order chi connectivity index (χ1) is 11.8. The van der Waals surface area contributed by atoms with Crippen molar-refractivity contribution in [1.82, 2.24) is 14.9 Å². The number of hydrogen-bond donors (Lipinski definition) is 0. The second kappa shape index (κ2) is 7.33. The predicted octanol–water partition coefficient (Wildman–Crippen LogP) is 2.05. The Bertz CT molecular complexity index is 508. The molecule has 6 nitrogen and oxygen atoms in total. The van der Waals surface area contributed by atoms with Crippen molar-refractivity contribution in [2.24, 2.45) is 0 Å². The molecule has 1 spiro atoms. The number of rotatable bonds is 3. The first-order valence-corrected chi connectivity index (χ1v) is 9.22. The smallest absolute Gasteiger partial charge is 0.316 e. The molecule has 0 N–H and O–H groups in total. The summed E-state index contributed by atoms with van der Waals surface area (Å²) < 4.78 is 17.6. The highest BCUT2D eigenvalue weighted by atomic mass is 16.5. The van der Waals surface area contributed by atoms with Gasteiger partial charge in [0.2, 0.25) is 0 Å². The maximum Gasteiger partial charge on any atom is 0.316 e. The predicted molar refractivity (Wildman–Crippen MR) is 89.0 cm³/mol. The van der Waals surface area contributed by atoms with Crippen molar-refractivity contribution in [1.29, 1.82) is 0 Å². The van der Waals surface area contributed by atoms with Gasteiger partial charge in [0.1, 0.15) is 6.10 Å². The Morgan fingerprint density at radius 3 is 2.54 bits per heavy atom. The van der Waals surface area contributed by atoms with Crippen LogP contribution in [0.15, 0.2) is 18.5 Å². The molecule has 1 aromatic heterocycles. The third-order valence-corrected chi connectivity index (χ3v) is 5.68. The first-order valence-electron chi connectivity index (χ1n) is 9.22. The van der Waals surface area contributed by atoms with E-state index in [0.717, 1.165) is 71.4 Å². The Hall–Kier alpha value is -1.24. The summed E-state index contributed by atoms with van der Waals surface area (Å²) in [5, 5.41) is 0. The van der Waals surface area contributed by atoms with Crippen molar-refractivity contribution in [2.45, 2.75) is 56.3 Å². The molecule has 0 amide bonds. The highest BCUT2D eigenvalue weighted by Gasteiger charge is 2.41. The van der Waals surface area contributed by atoms with Crippen molar-refractivity contribution in [2.75, 3.05) is 32.9 Å². The zero-order chi connectivity index (χ0) is 16.2. The molecular weight excluding hydrogens is 306 g/mol. The van der Waals surface area contributed by atoms with Crippen LogP contribution in [0, 0.1) is 0 Å². The van der Waals surface area contributed by atoms with Crippen molar-refractivity contribution in [3.05, 3.63) is 18.5 Å². The van der Waals surface area contributed by atoms with Gasteiger partial charge in [-0.3, -0.25) is 4.90 Å². The summed E-state index contributed by atoms with van der Waals surface area (Å²) in [7, 11) is 0. The summed E-state index contributed by atoms with van der Waals surface area (Å²) in [6.45, 7) is 4.77. The lowest BCUT2D eigenvalue weighted by molar-refractivity contribution is -0.153. The second-order valence-corrected chi connectivity index (χ2v) is 7.18. The van der Waals surface area contributed by atoms with Crippen molar-refractivity contribution in [3.8, 4) is 6.01 Å². The molecule has 3 fully saturated rings. The van der Waals surface area contributed by atoms with Gasteiger partial charge < -0.3 is 14.2 Å². The van der Waals surface area contributed by atoms with Crippen LogP contribution in [0.2, 0.25) is 0 Å². The second-order valence-electron chi connectivity index (χ2n) is 7.18. The molecule has 0 radical (unpaired) electrons. The van der Waals surface area contributed by atoms with Gasteiger partial charge in [0.05, 0.1) is 5.60 Å². The molecule has 3 aliphatic heterocycles. The maximum absolute atomic E-state index is 6.18. The molecule has 0 bridgehead atoms. The van der Waals surface area contributed by atoms with Gasteiger partial charge in [-0.05, 0) is 44.6 Å². The van der Waals surface area contributed by atoms with Crippen LogP contribution in [-0.2, 0) is 9.47 Å². The molecule has 4 heterocycles. The summed E-state index contributed by atoms with van der Waals surface area (Å²) in [6.07, 6.45) is 10.2. The van der Waals surface area contributed by atoms with Crippen LogP contribution in [0.5, 0.6) is 6.01 Å². The highest BCUT2D eigenvalue weighted by molar-refractivity contribution is 4.96. The van der Waals surface area contributed by atoms with Crippen LogP contribution in [0.3, 0.4) is 0 Å². The molecule has 0 saturated carbocycles. The SMILES string of the molecule is c1cnc(OC2CCN([C@H]3CCOC4(CCOCC4)C3)CC2)nc1. The fourth-order valence-electron chi connectivity index (χ4n) is 4.26. The van der Waals surface area contributed by atoms with Gasteiger partial charge in [-0.15, -0.1) is 0 Å². The fourth-order valence-corrected chi connectivity index (χ4v) is 4.26. The minimum absolute atomic E-state index is 0.0758. The van der Waals surface area contributed by atoms with E-state index in [1.165, 1.54) is 0 Å². The number of ether oxygens (including phenoxy) is 3. The fraction of sp³-hybridized carbons (Fsp3) is 0.778. The minimum atomic E-state index is 0.0758. The third kappa shape index (κ3) is 3.71. The van der Waals surface area contributed by atoms with Crippen LogP contribution in [-0.4, -0.2) is 65.5 Å². The largest absolute Gasteiger partial charge is 0.460 e. The van der Waals surface area contributed by atoms with Crippen LogP contribution >= 0.6 is 0 Å². The summed E-state index contributed by atoms with van der Waals surface area (Å²) in [6, 6.07) is 2.96. The Morgan fingerprint density at radius 2 is 1.79 bits per heavy atom. The van der Waals surface area contributed by atoms with Crippen LogP contribution in [0.25, 0.3) is 0 Å². The van der Waals surface area contributed by atoms with E-state index in [1.54, 1.807) is 12.4 Å². The first kappa shape index (κ1) is 16.2. The van der Waals surface area contributed by atoms with E-state index in [0.29, 0.717) is 12.1 Å². The summed E-state index contributed by atoms with van der Waals surface area (Å²) in [5.74, 6) is 0. The monoisotopic (exact) mass is 333 g/mol. The minimum Gasteiger partial charge on any atom is -0.460 e. The Balaban J connectivity index is 1.29. The van der Waals surface area contributed by atoms with Gasteiger partial charge in [-0.2, -0.15) is 0 Å². The molecule has 3 aliphatic rings. The van der Waals surface area contributed by atoms with E-state index < -0.39 is 0 Å². The van der Waals surface area contributed by atoms with Crippen LogP contribution in [0.4, 0.5) is 0 Å². The lowest BCUT2D eigenvalue weighted by atomic mass is 9.83. The molecule has 0 unspecified atom stereocenters. The number of piperidine rings is 1. The van der Waals surface area contributed by atoms with E-state index in [4.69, 9.17) is 14.2 Å². The normalized spacial score (nSPS) is 28.8. The van der Waals surface area contributed by atoms with Gasteiger partial charge in [0, 0.05) is 51.3 Å². The number of aromatic nitrogens is 2. The number of hydrogen-bond acceptors (Lipinski definition) is 6. The molecule has 1 aromatic rings. The van der Waals surface area contributed by atoms with Gasteiger partial charge in [-0.1, -0.05) is 0 Å². The summed E-state index contributed by atoms with van der Waals surface area (Å²) in [5.41, 5.74) is 0.0758. The van der Waals surface area contributed by atoms with E-state index in [9.17, 15) is 0 Å². The van der Waals surface area contributed by atoms with E-state index in [1.807, 2.05) is 6.07 Å². The van der Waals surface area contributed by atoms with Crippen LogP contribution < -0.4 is 4.74 Å². The van der Waals surface area contributed by atoms with Gasteiger partial charge in [0.25, 0.3) is 0 Å². The lowest BCUT2D eigenvalue weighted by Crippen LogP contribution is -2.53. The van der Waals surface area contributed by atoms with Crippen molar-refractivity contribution < 1.29 is 14.2 Å². The zero-order valence-electron chi connectivity index (χ0n) is 14.2. The molecule has 3 saturated heterocycles. The molecule has 132 valence electrons. The van der Waals surface area contributed by atoms with Crippen molar-refractivity contribution in [3.63, 3.8) is 0 Å². The van der Waals surface area contributed by atoms with E-state index >= 15 is 0 Å². The molecular formula is C18H27N3O3. The van der Waals surface area contributed by atoms with Gasteiger partial charge >= 0.3 is 6.01 Å². The maximum atomic E-state index is 6.18. The average molecular weight is 333 g/mol. The number of nitrogens with zero attached hydrogens (tertiary/aromatic N) is 3. The Kier molecular flexibility index (Phi) is 4.96. The molecule has 4 rings (SSSR count). The zero-order valence-corrected chi connectivity index (χ0v) is 14.2. The van der Waals surface area contributed by atoms with Crippen LogP contribution in [0.1, 0.15) is 38.5 Å². The summed E-state index contributed by atoms with van der Waals surface area (Å²) >= 11 is 0. The standard InChI is InChI=1S/C18H27N3O3/c1-7-19-17(20-8-1)24-16-2-9-21(10-3-16)15-4-11-23-18(14-15)5-12-22-13-6-18/h1,7-8,15-16H,2-6,9-14H2/t15-/m0/s1. The molecule has 1 atom stereocenters.